The molecule has 2 rings (SSSR count). The third-order valence-electron chi connectivity index (χ3n) is 3.49. The van der Waals surface area contributed by atoms with Crippen molar-refractivity contribution >= 4 is 5.97 Å². The third-order valence-corrected chi connectivity index (χ3v) is 3.49. The molecular formula is C15H21NO4. The first kappa shape index (κ1) is 14.7. The number of hydrogen-bond donors (Lipinski definition) is 1. The minimum Gasteiger partial charge on any atom is -0.497 e. The van der Waals surface area contributed by atoms with E-state index in [0.29, 0.717) is 12.5 Å². The first-order chi connectivity index (χ1) is 9.67. The molecule has 1 aliphatic rings. The van der Waals surface area contributed by atoms with Crippen LogP contribution < -0.4 is 9.47 Å². The van der Waals surface area contributed by atoms with E-state index in [1.165, 1.54) is 0 Å². The molecule has 1 aromatic carbocycles. The minimum absolute atomic E-state index is 0.121. The summed E-state index contributed by atoms with van der Waals surface area (Å²) in [7, 11) is 1.63. The summed E-state index contributed by atoms with van der Waals surface area (Å²) in [6, 6.07) is 7.53. The van der Waals surface area contributed by atoms with E-state index >= 15 is 0 Å². The molecule has 1 fully saturated rings. The van der Waals surface area contributed by atoms with E-state index in [9.17, 15) is 4.79 Å². The van der Waals surface area contributed by atoms with E-state index in [-0.39, 0.29) is 6.54 Å². The van der Waals surface area contributed by atoms with Crippen LogP contribution in [0.2, 0.25) is 0 Å². The van der Waals surface area contributed by atoms with Crippen LogP contribution in [0, 0.1) is 5.92 Å². The molecule has 0 aromatic heterocycles. The lowest BCUT2D eigenvalue weighted by atomic mass is 9.99. The molecule has 5 nitrogen and oxygen atoms in total. The van der Waals surface area contributed by atoms with Gasteiger partial charge in [-0.15, -0.1) is 0 Å². The van der Waals surface area contributed by atoms with Gasteiger partial charge in [-0.3, -0.25) is 9.69 Å². The Morgan fingerprint density at radius 1 is 1.45 bits per heavy atom. The van der Waals surface area contributed by atoms with Gasteiger partial charge in [0.05, 0.1) is 20.3 Å². The average Bonchev–Trinajstić information content (AvgIpc) is 2.45. The molecule has 20 heavy (non-hydrogen) atoms. The zero-order valence-corrected chi connectivity index (χ0v) is 11.7. The number of nitrogens with zero attached hydrogens (tertiary/aromatic N) is 1. The topological polar surface area (TPSA) is 59.0 Å². The predicted octanol–water partition coefficient (Wildman–Crippen LogP) is 1.87. The molecule has 1 unspecified atom stereocenters. The number of methoxy groups -OCH3 is 1. The van der Waals surface area contributed by atoms with Crippen LogP contribution in [0.25, 0.3) is 0 Å². The van der Waals surface area contributed by atoms with Gasteiger partial charge < -0.3 is 14.6 Å². The van der Waals surface area contributed by atoms with Crippen molar-refractivity contribution in [1.82, 2.24) is 4.90 Å². The zero-order chi connectivity index (χ0) is 14.4. The number of rotatable bonds is 6. The molecule has 1 heterocycles. The van der Waals surface area contributed by atoms with E-state index in [1.807, 2.05) is 29.2 Å². The van der Waals surface area contributed by atoms with Gasteiger partial charge in [-0.2, -0.15) is 0 Å². The average molecular weight is 279 g/mol. The SMILES string of the molecule is COc1cccc(OCC2CCCN(CC(=O)O)C2)c1. The van der Waals surface area contributed by atoms with Crippen LogP contribution in [0.5, 0.6) is 11.5 Å². The number of aliphatic carboxylic acids is 1. The van der Waals surface area contributed by atoms with Crippen molar-refractivity contribution in [2.75, 3.05) is 33.4 Å². The van der Waals surface area contributed by atoms with E-state index in [2.05, 4.69) is 0 Å². The van der Waals surface area contributed by atoms with Crippen LogP contribution in [0.1, 0.15) is 12.8 Å². The van der Waals surface area contributed by atoms with E-state index in [0.717, 1.165) is 37.4 Å². The highest BCUT2D eigenvalue weighted by molar-refractivity contribution is 5.69. The van der Waals surface area contributed by atoms with Gasteiger partial charge in [0.1, 0.15) is 11.5 Å². The van der Waals surface area contributed by atoms with Crippen molar-refractivity contribution in [1.29, 1.82) is 0 Å². The van der Waals surface area contributed by atoms with Crippen molar-refractivity contribution in [3.63, 3.8) is 0 Å². The Kier molecular flexibility index (Phi) is 5.24. The molecule has 110 valence electrons. The quantitative estimate of drug-likeness (QED) is 0.861. The first-order valence-corrected chi connectivity index (χ1v) is 6.88. The second-order valence-corrected chi connectivity index (χ2v) is 5.13. The van der Waals surface area contributed by atoms with Gasteiger partial charge in [0.2, 0.25) is 0 Å². The Labute approximate surface area is 119 Å². The summed E-state index contributed by atoms with van der Waals surface area (Å²) in [6.07, 6.45) is 2.11. The number of carbonyl (C=O) groups is 1. The van der Waals surface area contributed by atoms with Gasteiger partial charge >= 0.3 is 5.97 Å². The molecular weight excluding hydrogens is 258 g/mol. The summed E-state index contributed by atoms with van der Waals surface area (Å²) in [4.78, 5) is 12.7. The van der Waals surface area contributed by atoms with Gasteiger partial charge in [-0.05, 0) is 31.5 Å². The van der Waals surface area contributed by atoms with Crippen LogP contribution in [-0.4, -0.2) is 49.3 Å². The Hall–Kier alpha value is -1.75. The maximum absolute atomic E-state index is 10.7. The summed E-state index contributed by atoms with van der Waals surface area (Å²) in [6.45, 7) is 2.39. The van der Waals surface area contributed by atoms with Crippen molar-refractivity contribution in [2.24, 2.45) is 5.92 Å². The predicted molar refractivity (Wildman–Crippen MR) is 75.3 cm³/mol. The van der Waals surface area contributed by atoms with Gasteiger partial charge in [0.25, 0.3) is 0 Å². The molecule has 1 N–H and O–H groups in total. The van der Waals surface area contributed by atoms with Crippen LogP contribution >= 0.6 is 0 Å². The number of carboxylic acids is 1. The highest BCUT2D eigenvalue weighted by atomic mass is 16.5. The molecule has 0 radical (unpaired) electrons. The molecule has 1 saturated heterocycles. The molecule has 0 aliphatic carbocycles. The van der Waals surface area contributed by atoms with E-state index < -0.39 is 5.97 Å². The van der Waals surface area contributed by atoms with Gasteiger partial charge in [-0.1, -0.05) is 6.07 Å². The van der Waals surface area contributed by atoms with Gasteiger partial charge in [0.15, 0.2) is 0 Å². The molecule has 0 bridgehead atoms. The molecule has 1 atom stereocenters. The summed E-state index contributed by atoms with van der Waals surface area (Å²) in [5.74, 6) is 1.19. The van der Waals surface area contributed by atoms with Gasteiger partial charge in [0, 0.05) is 18.5 Å². The van der Waals surface area contributed by atoms with Crippen LogP contribution in [0.15, 0.2) is 24.3 Å². The molecule has 1 aliphatic heterocycles. The summed E-state index contributed by atoms with van der Waals surface area (Å²) in [5.41, 5.74) is 0. The highest BCUT2D eigenvalue weighted by Gasteiger charge is 2.21. The number of carboxylic acid groups (broad SMARTS) is 1. The monoisotopic (exact) mass is 279 g/mol. The maximum atomic E-state index is 10.7. The van der Waals surface area contributed by atoms with Crippen molar-refractivity contribution < 1.29 is 19.4 Å². The normalized spacial score (nSPS) is 19.6. The molecule has 0 saturated carbocycles. The van der Waals surface area contributed by atoms with Crippen molar-refractivity contribution in [3.05, 3.63) is 24.3 Å². The third kappa shape index (κ3) is 4.42. The Morgan fingerprint density at radius 3 is 3.00 bits per heavy atom. The van der Waals surface area contributed by atoms with E-state index in [1.54, 1.807) is 7.11 Å². The second kappa shape index (κ2) is 7.14. The van der Waals surface area contributed by atoms with Crippen LogP contribution in [0.3, 0.4) is 0 Å². The first-order valence-electron chi connectivity index (χ1n) is 6.88. The number of ether oxygens (including phenoxy) is 2. The lowest BCUT2D eigenvalue weighted by Crippen LogP contribution is -2.40. The molecule has 1 aromatic rings. The van der Waals surface area contributed by atoms with Gasteiger partial charge in [-0.25, -0.2) is 0 Å². The summed E-state index contributed by atoms with van der Waals surface area (Å²) in [5, 5.41) is 8.83. The second-order valence-electron chi connectivity index (χ2n) is 5.13. The smallest absolute Gasteiger partial charge is 0.317 e. The fraction of sp³-hybridized carbons (Fsp3) is 0.533. The number of benzene rings is 1. The zero-order valence-electron chi connectivity index (χ0n) is 11.7. The number of likely N-dealkylation sites (tertiary alicyclic amines) is 1. The Morgan fingerprint density at radius 2 is 2.25 bits per heavy atom. The lowest BCUT2D eigenvalue weighted by Gasteiger charge is -2.31. The van der Waals surface area contributed by atoms with E-state index in [4.69, 9.17) is 14.6 Å². The molecule has 0 amide bonds. The maximum Gasteiger partial charge on any atom is 0.317 e. The van der Waals surface area contributed by atoms with Crippen molar-refractivity contribution in [2.45, 2.75) is 12.8 Å². The lowest BCUT2D eigenvalue weighted by molar-refractivity contribution is -0.138. The number of piperidine rings is 1. The summed E-state index contributed by atoms with van der Waals surface area (Å²) < 4.78 is 10.9. The molecule has 0 spiro atoms. The van der Waals surface area contributed by atoms with Crippen molar-refractivity contribution in [3.8, 4) is 11.5 Å². The Bertz CT molecular complexity index is 449. The fourth-order valence-electron chi connectivity index (χ4n) is 2.53. The van der Waals surface area contributed by atoms with Crippen LogP contribution in [-0.2, 0) is 4.79 Å². The van der Waals surface area contributed by atoms with Crippen LogP contribution in [0.4, 0.5) is 0 Å². The Balaban J connectivity index is 1.82. The largest absolute Gasteiger partial charge is 0.497 e. The summed E-state index contributed by atoms with van der Waals surface area (Å²) >= 11 is 0. The number of hydrogen-bond acceptors (Lipinski definition) is 4. The highest BCUT2D eigenvalue weighted by Crippen LogP contribution is 2.21. The minimum atomic E-state index is -0.764. The standard InChI is InChI=1S/C15H21NO4/c1-19-13-5-2-6-14(8-13)20-11-12-4-3-7-16(9-12)10-15(17)18/h2,5-6,8,12H,3-4,7,9-11H2,1H3,(H,17,18). The molecule has 5 heteroatoms. The fourth-order valence-corrected chi connectivity index (χ4v) is 2.53.